The van der Waals surface area contributed by atoms with Crippen molar-refractivity contribution >= 4 is 34.5 Å². The average molecular weight is 347 g/mol. The highest BCUT2D eigenvalue weighted by atomic mass is 127. The van der Waals surface area contributed by atoms with Crippen LogP contribution in [0.4, 0.5) is 0 Å². The summed E-state index contributed by atoms with van der Waals surface area (Å²) in [7, 11) is 0. The second-order valence-electron chi connectivity index (χ2n) is 3.63. The third-order valence-corrected chi connectivity index (χ3v) is 3.66. The fourth-order valence-corrected chi connectivity index (χ4v) is 2.00. The molecule has 1 aromatic rings. The highest BCUT2D eigenvalue weighted by Gasteiger charge is 2.19. The molecule has 0 aliphatic carbocycles. The third-order valence-electron chi connectivity index (χ3n) is 2.49. The molecule has 0 aliphatic rings. The van der Waals surface area contributed by atoms with Crippen LogP contribution in [0.5, 0.6) is 0 Å². The molecule has 17 heavy (non-hydrogen) atoms. The Morgan fingerprint density at radius 2 is 2.06 bits per heavy atom. The van der Waals surface area contributed by atoms with Crippen LogP contribution in [0, 0.1) is 10.5 Å². The molecule has 1 rings (SSSR count). The molecule has 0 aliphatic heterocycles. The van der Waals surface area contributed by atoms with Crippen LogP contribution in [0.15, 0.2) is 18.2 Å². The first-order valence-corrected chi connectivity index (χ1v) is 6.31. The zero-order valence-electron chi connectivity index (χ0n) is 9.74. The van der Waals surface area contributed by atoms with E-state index in [1.54, 1.807) is 19.1 Å². The van der Waals surface area contributed by atoms with E-state index in [-0.39, 0.29) is 12.5 Å². The SMILES string of the molecule is CCN(CC(=O)O)C(=O)c1cccc(I)c1C. The van der Waals surface area contributed by atoms with Gasteiger partial charge in [-0.25, -0.2) is 0 Å². The standard InChI is InChI=1S/C12H14INO3/c1-3-14(7-11(15)16)12(17)9-5-4-6-10(13)8(9)2/h4-6H,3,7H2,1-2H3,(H,15,16). The number of hydrogen-bond donors (Lipinski definition) is 1. The molecule has 0 heterocycles. The lowest BCUT2D eigenvalue weighted by atomic mass is 10.1. The van der Waals surface area contributed by atoms with Gasteiger partial charge in [-0.15, -0.1) is 0 Å². The molecule has 0 unspecified atom stereocenters. The predicted molar refractivity (Wildman–Crippen MR) is 73.1 cm³/mol. The maximum Gasteiger partial charge on any atom is 0.323 e. The molecule has 0 saturated heterocycles. The molecular formula is C12H14INO3. The van der Waals surface area contributed by atoms with Crippen molar-refractivity contribution in [3.63, 3.8) is 0 Å². The smallest absolute Gasteiger partial charge is 0.323 e. The average Bonchev–Trinajstić information content (AvgIpc) is 2.28. The van der Waals surface area contributed by atoms with E-state index in [0.717, 1.165) is 9.13 Å². The Kier molecular flexibility index (Phi) is 4.92. The minimum Gasteiger partial charge on any atom is -0.480 e. The van der Waals surface area contributed by atoms with Crippen LogP contribution in [0.1, 0.15) is 22.8 Å². The molecule has 0 fully saturated rings. The monoisotopic (exact) mass is 347 g/mol. The predicted octanol–water partition coefficient (Wildman–Crippen LogP) is 2.15. The van der Waals surface area contributed by atoms with Crippen molar-refractivity contribution in [3.05, 3.63) is 32.9 Å². The largest absolute Gasteiger partial charge is 0.480 e. The third kappa shape index (κ3) is 3.42. The maximum atomic E-state index is 12.1. The van der Waals surface area contributed by atoms with Gasteiger partial charge in [0.15, 0.2) is 0 Å². The quantitative estimate of drug-likeness (QED) is 0.850. The maximum absolute atomic E-state index is 12.1. The summed E-state index contributed by atoms with van der Waals surface area (Å²) in [6.07, 6.45) is 0. The highest BCUT2D eigenvalue weighted by molar-refractivity contribution is 14.1. The van der Waals surface area contributed by atoms with E-state index in [1.807, 2.05) is 13.0 Å². The zero-order chi connectivity index (χ0) is 13.0. The molecule has 0 aromatic heterocycles. The number of hydrogen-bond acceptors (Lipinski definition) is 2. The Hall–Kier alpha value is -1.11. The number of nitrogens with zero attached hydrogens (tertiary/aromatic N) is 1. The molecule has 0 saturated carbocycles. The lowest BCUT2D eigenvalue weighted by Gasteiger charge is -2.19. The number of carbonyl (C=O) groups excluding carboxylic acids is 1. The summed E-state index contributed by atoms with van der Waals surface area (Å²) in [4.78, 5) is 24.1. The van der Waals surface area contributed by atoms with E-state index in [0.29, 0.717) is 12.1 Å². The minimum absolute atomic E-state index is 0.231. The van der Waals surface area contributed by atoms with Gasteiger partial charge in [-0.2, -0.15) is 0 Å². The number of aliphatic carboxylic acids is 1. The van der Waals surface area contributed by atoms with Crippen LogP contribution < -0.4 is 0 Å². The number of carboxylic acids is 1. The van der Waals surface area contributed by atoms with Crippen LogP contribution in [-0.4, -0.2) is 35.0 Å². The lowest BCUT2D eigenvalue weighted by molar-refractivity contribution is -0.137. The fraction of sp³-hybridized carbons (Fsp3) is 0.333. The van der Waals surface area contributed by atoms with Gasteiger partial charge in [0.25, 0.3) is 5.91 Å². The van der Waals surface area contributed by atoms with Gasteiger partial charge in [0.05, 0.1) is 0 Å². The van der Waals surface area contributed by atoms with Crippen molar-refractivity contribution in [2.45, 2.75) is 13.8 Å². The molecule has 92 valence electrons. The van der Waals surface area contributed by atoms with Gasteiger partial charge >= 0.3 is 5.97 Å². The number of halogens is 1. The van der Waals surface area contributed by atoms with Crippen LogP contribution in [0.2, 0.25) is 0 Å². The van der Waals surface area contributed by atoms with Crippen LogP contribution >= 0.6 is 22.6 Å². The van der Waals surface area contributed by atoms with Crippen molar-refractivity contribution in [1.29, 1.82) is 0 Å². The molecule has 4 nitrogen and oxygen atoms in total. The van der Waals surface area contributed by atoms with Gasteiger partial charge in [0, 0.05) is 15.7 Å². The zero-order valence-corrected chi connectivity index (χ0v) is 11.9. The fourth-order valence-electron chi connectivity index (χ4n) is 1.50. The van der Waals surface area contributed by atoms with Crippen molar-refractivity contribution in [2.75, 3.05) is 13.1 Å². The van der Waals surface area contributed by atoms with Gasteiger partial charge in [-0.05, 0) is 54.1 Å². The highest BCUT2D eigenvalue weighted by Crippen LogP contribution is 2.17. The first-order valence-electron chi connectivity index (χ1n) is 5.23. The second kappa shape index (κ2) is 6.00. The lowest BCUT2D eigenvalue weighted by Crippen LogP contribution is -2.35. The molecule has 0 spiro atoms. The molecule has 5 heteroatoms. The van der Waals surface area contributed by atoms with E-state index in [2.05, 4.69) is 22.6 Å². The van der Waals surface area contributed by atoms with E-state index in [1.165, 1.54) is 4.90 Å². The second-order valence-corrected chi connectivity index (χ2v) is 4.79. The molecular weight excluding hydrogens is 333 g/mol. The Morgan fingerprint density at radius 1 is 1.41 bits per heavy atom. The van der Waals surface area contributed by atoms with Crippen LogP contribution in [0.3, 0.4) is 0 Å². The van der Waals surface area contributed by atoms with Crippen LogP contribution in [-0.2, 0) is 4.79 Å². The number of benzene rings is 1. The first kappa shape index (κ1) is 14.0. The van der Waals surface area contributed by atoms with Gasteiger partial charge in [-0.1, -0.05) is 6.07 Å². The van der Waals surface area contributed by atoms with Crippen molar-refractivity contribution in [1.82, 2.24) is 4.90 Å². The van der Waals surface area contributed by atoms with E-state index < -0.39 is 5.97 Å². The molecule has 0 atom stereocenters. The molecule has 0 bridgehead atoms. The van der Waals surface area contributed by atoms with Crippen molar-refractivity contribution in [3.8, 4) is 0 Å². The summed E-state index contributed by atoms with van der Waals surface area (Å²) in [5.74, 6) is -1.23. The van der Waals surface area contributed by atoms with Crippen molar-refractivity contribution < 1.29 is 14.7 Å². The molecule has 0 radical (unpaired) electrons. The normalized spacial score (nSPS) is 10.1. The Bertz CT molecular complexity index is 445. The van der Waals surface area contributed by atoms with Gasteiger partial charge in [0.1, 0.15) is 6.54 Å². The topological polar surface area (TPSA) is 57.6 Å². The molecule has 1 amide bonds. The van der Waals surface area contributed by atoms with E-state index in [9.17, 15) is 9.59 Å². The Labute approximate surface area is 114 Å². The van der Waals surface area contributed by atoms with E-state index in [4.69, 9.17) is 5.11 Å². The summed E-state index contributed by atoms with van der Waals surface area (Å²) in [6, 6.07) is 5.45. The summed E-state index contributed by atoms with van der Waals surface area (Å²) < 4.78 is 1.000. The van der Waals surface area contributed by atoms with Gasteiger partial charge in [-0.3, -0.25) is 9.59 Å². The van der Waals surface area contributed by atoms with Crippen molar-refractivity contribution in [2.24, 2.45) is 0 Å². The summed E-state index contributed by atoms with van der Waals surface area (Å²) in [6.45, 7) is 3.75. The minimum atomic E-state index is -0.997. The number of rotatable bonds is 4. The summed E-state index contributed by atoms with van der Waals surface area (Å²) >= 11 is 2.16. The molecule has 1 N–H and O–H groups in total. The summed E-state index contributed by atoms with van der Waals surface area (Å²) in [5, 5.41) is 8.74. The summed E-state index contributed by atoms with van der Waals surface area (Å²) in [5.41, 5.74) is 1.46. The number of carbonyl (C=O) groups is 2. The number of carboxylic acid groups (broad SMARTS) is 1. The first-order chi connectivity index (χ1) is 7.97. The van der Waals surface area contributed by atoms with E-state index >= 15 is 0 Å². The van der Waals surface area contributed by atoms with Crippen LogP contribution in [0.25, 0.3) is 0 Å². The number of likely N-dealkylation sites (N-methyl/N-ethyl adjacent to an activating group) is 1. The van der Waals surface area contributed by atoms with Gasteiger partial charge < -0.3 is 10.0 Å². The number of amides is 1. The van der Waals surface area contributed by atoms with Gasteiger partial charge in [0.2, 0.25) is 0 Å². The Morgan fingerprint density at radius 3 is 2.59 bits per heavy atom. The Balaban J connectivity index is 3.02. The molecule has 1 aromatic carbocycles.